The number of halogens is 1. The van der Waals surface area contributed by atoms with E-state index in [0.29, 0.717) is 11.7 Å². The highest BCUT2D eigenvalue weighted by Crippen LogP contribution is 2.29. The summed E-state index contributed by atoms with van der Waals surface area (Å²) in [6, 6.07) is 0. The second-order valence-electron chi connectivity index (χ2n) is 6.70. The van der Waals surface area contributed by atoms with Crippen LogP contribution in [0, 0.1) is 17.8 Å². The summed E-state index contributed by atoms with van der Waals surface area (Å²) in [5, 5.41) is 0. The Hall–Kier alpha value is 0.360. The van der Waals surface area contributed by atoms with Gasteiger partial charge >= 0.3 is 0 Å². The van der Waals surface area contributed by atoms with Gasteiger partial charge in [-0.1, -0.05) is 36.4 Å². The third kappa shape index (κ3) is 4.19. The van der Waals surface area contributed by atoms with E-state index in [1.54, 1.807) is 4.90 Å². The minimum absolute atomic E-state index is 0.385. The van der Waals surface area contributed by atoms with E-state index in [0.717, 1.165) is 35.1 Å². The molecule has 0 bridgehead atoms. The van der Waals surface area contributed by atoms with Crippen LogP contribution in [0.25, 0.3) is 0 Å². The number of Topliss-reactive ketones (excluding diaryl/α,β-unsaturated/α-hetero) is 1. The lowest BCUT2D eigenvalue weighted by atomic mass is 9.85. The molecule has 2 nitrogen and oxygen atoms in total. The van der Waals surface area contributed by atoms with Crippen molar-refractivity contribution in [2.75, 3.05) is 19.6 Å². The minimum Gasteiger partial charge on any atom is -0.328 e. The van der Waals surface area contributed by atoms with Crippen molar-refractivity contribution in [3.05, 3.63) is 0 Å². The van der Waals surface area contributed by atoms with Crippen LogP contribution in [0.15, 0.2) is 0 Å². The highest BCUT2D eigenvalue weighted by atomic mass is 127. The lowest BCUT2D eigenvalue weighted by molar-refractivity contribution is -0.904. The first-order valence-corrected chi connectivity index (χ1v) is 8.79. The van der Waals surface area contributed by atoms with Crippen LogP contribution in [0.1, 0.15) is 46.0 Å². The molecule has 3 heteroatoms. The molecule has 2 atom stereocenters. The predicted molar refractivity (Wildman–Crippen MR) is 83.3 cm³/mol. The van der Waals surface area contributed by atoms with E-state index in [2.05, 4.69) is 36.4 Å². The van der Waals surface area contributed by atoms with Gasteiger partial charge in [0.2, 0.25) is 0 Å². The lowest BCUT2D eigenvalue weighted by Gasteiger charge is -2.33. The van der Waals surface area contributed by atoms with Crippen LogP contribution >= 0.6 is 22.6 Å². The van der Waals surface area contributed by atoms with Crippen LogP contribution in [-0.2, 0) is 4.79 Å². The summed E-state index contributed by atoms with van der Waals surface area (Å²) >= 11 is 2.53. The van der Waals surface area contributed by atoms with E-state index >= 15 is 0 Å². The minimum atomic E-state index is 0.385. The average molecular weight is 364 g/mol. The highest BCUT2D eigenvalue weighted by Gasteiger charge is 2.31. The number of ketones is 1. The standard InChI is InChI=1S/C15H26INO/c1-11-7-12(2)9-17(8-11)10-15(18)13-3-5-14(16)6-4-13/h11-14H,3-10H2,1-2H3/p+1. The molecule has 1 aliphatic carbocycles. The molecule has 2 fully saturated rings. The zero-order chi connectivity index (χ0) is 13.1. The smallest absolute Gasteiger partial charge is 0.189 e. The maximum atomic E-state index is 12.4. The number of quaternary nitrogens is 1. The first-order chi connectivity index (χ1) is 8.54. The van der Waals surface area contributed by atoms with Gasteiger partial charge in [-0.05, 0) is 32.1 Å². The lowest BCUT2D eigenvalue weighted by Crippen LogP contribution is -3.15. The number of carbonyl (C=O) groups is 1. The van der Waals surface area contributed by atoms with Crippen molar-refractivity contribution < 1.29 is 9.69 Å². The summed E-state index contributed by atoms with van der Waals surface area (Å²) < 4.78 is 0.814. The second kappa shape index (κ2) is 6.69. The SMILES string of the molecule is CC1CC(C)C[NH+](CC(=O)C2CCC(I)CC2)C1. The summed E-state index contributed by atoms with van der Waals surface area (Å²) in [6.45, 7) is 7.88. The molecule has 0 amide bonds. The molecule has 1 aliphatic heterocycles. The van der Waals surface area contributed by atoms with Crippen molar-refractivity contribution in [2.24, 2.45) is 17.8 Å². The molecule has 18 heavy (non-hydrogen) atoms. The van der Waals surface area contributed by atoms with Crippen LogP contribution in [0.2, 0.25) is 0 Å². The van der Waals surface area contributed by atoms with E-state index in [1.165, 1.54) is 32.4 Å². The summed E-state index contributed by atoms with van der Waals surface area (Å²) in [4.78, 5) is 13.9. The molecule has 104 valence electrons. The fourth-order valence-electron chi connectivity index (χ4n) is 3.83. The van der Waals surface area contributed by atoms with Crippen LogP contribution < -0.4 is 4.90 Å². The Morgan fingerprint density at radius 2 is 1.67 bits per heavy atom. The van der Waals surface area contributed by atoms with E-state index < -0.39 is 0 Å². The topological polar surface area (TPSA) is 21.5 Å². The largest absolute Gasteiger partial charge is 0.328 e. The molecule has 1 heterocycles. The zero-order valence-electron chi connectivity index (χ0n) is 11.8. The normalized spacial score (nSPS) is 41.6. The molecule has 0 aromatic rings. The molecular weight excluding hydrogens is 337 g/mol. The van der Waals surface area contributed by atoms with Gasteiger partial charge in [-0.3, -0.25) is 4.79 Å². The maximum Gasteiger partial charge on any atom is 0.189 e. The summed E-state index contributed by atoms with van der Waals surface area (Å²) in [6.07, 6.45) is 6.13. The van der Waals surface area contributed by atoms with Crippen LogP contribution in [-0.4, -0.2) is 29.3 Å². The second-order valence-corrected chi connectivity index (χ2v) is 8.46. The Morgan fingerprint density at radius 1 is 1.11 bits per heavy atom. The van der Waals surface area contributed by atoms with Gasteiger partial charge in [0.05, 0.1) is 13.1 Å². The van der Waals surface area contributed by atoms with Crippen molar-refractivity contribution in [3.8, 4) is 0 Å². The van der Waals surface area contributed by atoms with Gasteiger partial charge in [0.15, 0.2) is 5.78 Å². The average Bonchev–Trinajstić information content (AvgIpc) is 2.28. The van der Waals surface area contributed by atoms with Crippen molar-refractivity contribution in [1.82, 2.24) is 0 Å². The van der Waals surface area contributed by atoms with Crippen LogP contribution in [0.3, 0.4) is 0 Å². The number of piperidine rings is 1. The fourth-order valence-corrected chi connectivity index (χ4v) is 4.55. The molecule has 1 N–H and O–H groups in total. The first-order valence-electron chi connectivity index (χ1n) is 7.55. The predicted octanol–water partition coefficient (Wildman–Crippen LogP) is 2.11. The van der Waals surface area contributed by atoms with E-state index in [9.17, 15) is 4.79 Å². The Kier molecular flexibility index (Phi) is 5.48. The number of hydrogen-bond acceptors (Lipinski definition) is 1. The van der Waals surface area contributed by atoms with E-state index in [-0.39, 0.29) is 0 Å². The number of hydrogen-bond donors (Lipinski definition) is 1. The number of rotatable bonds is 3. The van der Waals surface area contributed by atoms with Gasteiger partial charge in [-0.25, -0.2) is 0 Å². The number of alkyl halides is 1. The summed E-state index contributed by atoms with van der Waals surface area (Å²) in [7, 11) is 0. The molecular formula is C15H27INO+. The summed E-state index contributed by atoms with van der Waals surface area (Å²) in [5.74, 6) is 2.52. The number of nitrogens with one attached hydrogen (secondary N) is 1. The molecule has 1 saturated heterocycles. The van der Waals surface area contributed by atoms with Crippen molar-refractivity contribution >= 4 is 28.4 Å². The van der Waals surface area contributed by atoms with Crippen molar-refractivity contribution in [1.29, 1.82) is 0 Å². The Balaban J connectivity index is 1.80. The monoisotopic (exact) mass is 364 g/mol. The third-order valence-corrected chi connectivity index (χ3v) is 5.86. The summed E-state index contributed by atoms with van der Waals surface area (Å²) in [5.41, 5.74) is 0. The van der Waals surface area contributed by atoms with Gasteiger partial charge in [-0.15, -0.1) is 0 Å². The first kappa shape index (κ1) is 14.8. The van der Waals surface area contributed by atoms with Gasteiger partial charge in [-0.2, -0.15) is 0 Å². The molecule has 1 saturated carbocycles. The number of carbonyl (C=O) groups excluding carboxylic acids is 1. The molecule has 0 aromatic heterocycles. The van der Waals surface area contributed by atoms with E-state index in [4.69, 9.17) is 0 Å². The molecule has 0 radical (unpaired) electrons. The molecule has 0 spiro atoms. The molecule has 2 aliphatic rings. The molecule has 0 aromatic carbocycles. The van der Waals surface area contributed by atoms with Gasteiger partial charge in [0, 0.05) is 21.7 Å². The highest BCUT2D eigenvalue weighted by molar-refractivity contribution is 14.1. The van der Waals surface area contributed by atoms with Gasteiger partial charge < -0.3 is 4.90 Å². The zero-order valence-corrected chi connectivity index (χ0v) is 13.9. The van der Waals surface area contributed by atoms with Gasteiger partial charge in [0.25, 0.3) is 0 Å². The van der Waals surface area contributed by atoms with Crippen molar-refractivity contribution in [2.45, 2.75) is 49.9 Å². The maximum absolute atomic E-state index is 12.4. The molecule has 2 rings (SSSR count). The van der Waals surface area contributed by atoms with Crippen molar-refractivity contribution in [3.63, 3.8) is 0 Å². The van der Waals surface area contributed by atoms with Crippen LogP contribution in [0.5, 0.6) is 0 Å². The third-order valence-electron chi connectivity index (χ3n) is 4.62. The Morgan fingerprint density at radius 3 is 2.22 bits per heavy atom. The van der Waals surface area contributed by atoms with Crippen LogP contribution in [0.4, 0.5) is 0 Å². The van der Waals surface area contributed by atoms with E-state index in [1.807, 2.05) is 0 Å². The van der Waals surface area contributed by atoms with Gasteiger partial charge in [0.1, 0.15) is 6.54 Å². The fraction of sp³-hybridized carbons (Fsp3) is 0.933. The Labute approximate surface area is 125 Å². The quantitative estimate of drug-likeness (QED) is 0.601. The number of likely N-dealkylation sites (tertiary alicyclic amines) is 1. The Bertz CT molecular complexity index is 276. The molecule has 2 unspecified atom stereocenters.